The van der Waals surface area contributed by atoms with Crippen molar-refractivity contribution in [3.63, 3.8) is 0 Å². The summed E-state index contributed by atoms with van der Waals surface area (Å²) in [6.45, 7) is 0. The normalized spacial score (nSPS) is 10.5. The Kier molecular flexibility index (Phi) is 3.66. The molecule has 0 saturated carbocycles. The van der Waals surface area contributed by atoms with Crippen LogP contribution in [0.5, 0.6) is 0 Å². The molecule has 0 N–H and O–H groups in total. The molecule has 0 heterocycles. The van der Waals surface area contributed by atoms with Crippen LogP contribution in [0.1, 0.15) is 0 Å². The molecule has 0 fully saturated rings. The Morgan fingerprint density at radius 1 is 0.562 bits per heavy atom. The number of rotatable bonds is 1. The van der Waals surface area contributed by atoms with Gasteiger partial charge in [0.25, 0.3) is 0 Å². The minimum atomic E-state index is 0.348. The average Bonchev–Trinajstić information content (AvgIpc) is 2.28. The monoisotopic (exact) mass is 290 g/mol. The predicted octanol–water partition coefficient (Wildman–Crippen LogP) is 5.97. The predicted molar refractivity (Wildman–Crippen MR) is 71.9 cm³/mol. The van der Waals surface area contributed by atoms with Gasteiger partial charge in [-0.3, -0.25) is 0 Å². The number of benzene rings is 2. The van der Waals surface area contributed by atoms with Crippen molar-refractivity contribution in [1.82, 2.24) is 0 Å². The molecule has 0 bridgehead atoms. The van der Waals surface area contributed by atoms with Crippen LogP contribution in [0.15, 0.2) is 36.4 Å². The van der Waals surface area contributed by atoms with Gasteiger partial charge in [0, 0.05) is 16.1 Å². The van der Waals surface area contributed by atoms with Crippen molar-refractivity contribution < 1.29 is 0 Å². The average molecular weight is 292 g/mol. The van der Waals surface area contributed by atoms with Crippen LogP contribution in [-0.2, 0) is 0 Å². The van der Waals surface area contributed by atoms with Gasteiger partial charge < -0.3 is 0 Å². The maximum atomic E-state index is 6.13. The fourth-order valence-corrected chi connectivity index (χ4v) is 2.29. The first-order valence-electron chi connectivity index (χ1n) is 4.49. The van der Waals surface area contributed by atoms with Gasteiger partial charge in [0.05, 0.1) is 15.1 Å². The van der Waals surface area contributed by atoms with E-state index in [4.69, 9.17) is 46.4 Å². The van der Waals surface area contributed by atoms with Crippen LogP contribution < -0.4 is 0 Å². The van der Waals surface area contributed by atoms with E-state index < -0.39 is 0 Å². The van der Waals surface area contributed by atoms with Gasteiger partial charge in [-0.15, -0.1) is 0 Å². The van der Waals surface area contributed by atoms with Crippen molar-refractivity contribution in [3.05, 3.63) is 56.5 Å². The van der Waals surface area contributed by atoms with Crippen molar-refractivity contribution in [3.8, 4) is 11.1 Å². The summed E-state index contributed by atoms with van der Waals surface area (Å²) in [5.41, 5.74) is 1.62. The summed E-state index contributed by atoms with van der Waals surface area (Å²) in [7, 11) is 0. The van der Waals surface area contributed by atoms with E-state index in [-0.39, 0.29) is 0 Å². The van der Waals surface area contributed by atoms with E-state index in [2.05, 4.69) is 0 Å². The highest BCUT2D eigenvalue weighted by Crippen LogP contribution is 2.40. The summed E-state index contributed by atoms with van der Waals surface area (Å²) in [5, 5.41) is 1.83. The number of halogens is 4. The molecule has 0 saturated heterocycles. The van der Waals surface area contributed by atoms with E-state index in [1.54, 1.807) is 18.2 Å². The molecule has 0 amide bonds. The van der Waals surface area contributed by atoms with Gasteiger partial charge in [0.15, 0.2) is 0 Å². The lowest BCUT2D eigenvalue weighted by molar-refractivity contribution is 1.61. The lowest BCUT2D eigenvalue weighted by Gasteiger charge is -2.08. The number of hydrogen-bond acceptors (Lipinski definition) is 0. The second kappa shape index (κ2) is 4.85. The molecule has 0 atom stereocenters. The summed E-state index contributed by atoms with van der Waals surface area (Å²) in [6.07, 6.45) is 0. The summed E-state index contributed by atoms with van der Waals surface area (Å²) >= 11 is 24.1. The highest BCUT2D eigenvalue weighted by molar-refractivity contribution is 6.49. The molecule has 0 aliphatic rings. The zero-order chi connectivity index (χ0) is 11.7. The lowest BCUT2D eigenvalue weighted by atomic mass is 10.1. The molecule has 0 unspecified atom stereocenters. The molecule has 4 heteroatoms. The van der Waals surface area contributed by atoms with E-state index in [1.165, 1.54) is 0 Å². The highest BCUT2D eigenvalue weighted by Gasteiger charge is 2.12. The molecule has 0 spiro atoms. The van der Waals surface area contributed by atoms with Crippen LogP contribution in [0, 0.1) is 0 Å². The first kappa shape index (κ1) is 12.1. The summed E-state index contributed by atoms with van der Waals surface area (Å²) in [4.78, 5) is 0. The zero-order valence-electron chi connectivity index (χ0n) is 7.98. The Balaban J connectivity index is 2.66. The molecule has 0 aliphatic heterocycles. The Bertz CT molecular complexity index is 535. The van der Waals surface area contributed by atoms with Gasteiger partial charge in [0.1, 0.15) is 0 Å². The van der Waals surface area contributed by atoms with E-state index in [0.29, 0.717) is 20.1 Å². The molecule has 2 aromatic carbocycles. The summed E-state index contributed by atoms with van der Waals surface area (Å²) < 4.78 is 0. The molecule has 2 aromatic rings. The fraction of sp³-hybridized carbons (Fsp3) is 0. The molecular weight excluding hydrogens is 286 g/mol. The molecule has 0 radical (unpaired) electrons. The van der Waals surface area contributed by atoms with Gasteiger partial charge in [0.2, 0.25) is 0 Å². The van der Waals surface area contributed by atoms with Crippen LogP contribution in [0.4, 0.5) is 0 Å². The standard InChI is InChI=1S/C12H6Cl4/c13-9-4-2-1-3-7(9)8-5-6-10(14)12(16)11(8)15/h1-6H. The van der Waals surface area contributed by atoms with Crippen LogP contribution in [0.25, 0.3) is 11.1 Å². The Labute approximate surface area is 114 Å². The Morgan fingerprint density at radius 3 is 1.94 bits per heavy atom. The maximum Gasteiger partial charge on any atom is 0.0784 e. The van der Waals surface area contributed by atoms with E-state index in [1.807, 2.05) is 18.2 Å². The largest absolute Gasteiger partial charge is 0.0837 e. The van der Waals surface area contributed by atoms with Crippen molar-refractivity contribution in [2.24, 2.45) is 0 Å². The second-order valence-corrected chi connectivity index (χ2v) is 4.77. The third kappa shape index (κ3) is 2.16. The molecular formula is C12H6Cl4. The van der Waals surface area contributed by atoms with Crippen LogP contribution >= 0.6 is 46.4 Å². The smallest absolute Gasteiger partial charge is 0.0784 e. The summed E-state index contributed by atoms with van der Waals surface area (Å²) in [6, 6.07) is 10.9. The molecule has 0 aromatic heterocycles. The highest BCUT2D eigenvalue weighted by atomic mass is 35.5. The maximum absolute atomic E-state index is 6.13. The minimum absolute atomic E-state index is 0.348. The topological polar surface area (TPSA) is 0 Å². The van der Waals surface area contributed by atoms with Crippen LogP contribution in [0.3, 0.4) is 0 Å². The van der Waals surface area contributed by atoms with E-state index in [9.17, 15) is 0 Å². The van der Waals surface area contributed by atoms with Crippen molar-refractivity contribution in [2.75, 3.05) is 0 Å². The van der Waals surface area contributed by atoms with E-state index in [0.717, 1.165) is 11.1 Å². The minimum Gasteiger partial charge on any atom is -0.0837 e. The second-order valence-electron chi connectivity index (χ2n) is 3.20. The molecule has 82 valence electrons. The third-order valence-electron chi connectivity index (χ3n) is 2.20. The fourth-order valence-electron chi connectivity index (χ4n) is 1.41. The van der Waals surface area contributed by atoms with Gasteiger partial charge >= 0.3 is 0 Å². The van der Waals surface area contributed by atoms with Crippen LogP contribution in [0.2, 0.25) is 20.1 Å². The first-order valence-corrected chi connectivity index (χ1v) is 6.01. The first-order chi connectivity index (χ1) is 7.61. The Morgan fingerprint density at radius 2 is 1.25 bits per heavy atom. The molecule has 2 rings (SSSR count). The van der Waals surface area contributed by atoms with Gasteiger partial charge in [-0.2, -0.15) is 0 Å². The van der Waals surface area contributed by atoms with Crippen LogP contribution in [-0.4, -0.2) is 0 Å². The quantitative estimate of drug-likeness (QED) is 0.568. The molecule has 16 heavy (non-hydrogen) atoms. The van der Waals surface area contributed by atoms with Crippen molar-refractivity contribution in [1.29, 1.82) is 0 Å². The zero-order valence-corrected chi connectivity index (χ0v) is 11.0. The van der Waals surface area contributed by atoms with Gasteiger partial charge in [-0.25, -0.2) is 0 Å². The van der Waals surface area contributed by atoms with Gasteiger partial charge in [-0.05, 0) is 12.1 Å². The molecule has 0 nitrogen and oxygen atoms in total. The summed E-state index contributed by atoms with van der Waals surface area (Å²) in [5.74, 6) is 0. The molecule has 0 aliphatic carbocycles. The Hall–Kier alpha value is -0.400. The third-order valence-corrected chi connectivity index (χ3v) is 3.82. The van der Waals surface area contributed by atoms with E-state index >= 15 is 0 Å². The van der Waals surface area contributed by atoms with Crippen molar-refractivity contribution >= 4 is 46.4 Å². The van der Waals surface area contributed by atoms with Crippen molar-refractivity contribution in [2.45, 2.75) is 0 Å². The lowest BCUT2D eigenvalue weighted by Crippen LogP contribution is -1.82. The number of hydrogen-bond donors (Lipinski definition) is 0. The SMILES string of the molecule is Clc1ccccc1-c1ccc(Cl)c(Cl)c1Cl. The van der Waals surface area contributed by atoms with Gasteiger partial charge in [-0.1, -0.05) is 70.7 Å².